The van der Waals surface area contributed by atoms with Gasteiger partial charge in [0.25, 0.3) is 0 Å². The predicted molar refractivity (Wildman–Crippen MR) is 112 cm³/mol. The van der Waals surface area contributed by atoms with Crippen LogP contribution in [0, 0.1) is 12.8 Å². The van der Waals surface area contributed by atoms with E-state index in [2.05, 4.69) is 60.4 Å². The molecule has 3 aromatic rings. The third kappa shape index (κ3) is 2.90. The van der Waals surface area contributed by atoms with Gasteiger partial charge >= 0.3 is 0 Å². The second-order valence-corrected chi connectivity index (χ2v) is 8.07. The normalized spacial score (nSPS) is 18.9. The fourth-order valence-corrected chi connectivity index (χ4v) is 5.37. The molecule has 1 radical (unpaired) electrons. The van der Waals surface area contributed by atoms with Crippen molar-refractivity contribution in [2.45, 2.75) is 44.4 Å². The highest BCUT2D eigenvalue weighted by Gasteiger charge is 2.29. The van der Waals surface area contributed by atoms with Gasteiger partial charge in [0, 0.05) is 12.4 Å². The molecule has 27 heavy (non-hydrogen) atoms. The molecule has 0 bridgehead atoms. The summed E-state index contributed by atoms with van der Waals surface area (Å²) in [6.45, 7) is 4.26. The SMILES string of the molecule is [CH2]CC(c1cccnc1)C1CCc2c(ccc3c2CCc2ccccc2-3)C1. The molecular weight excluding hydrogens is 326 g/mol. The first-order valence-electron chi connectivity index (χ1n) is 10.3. The summed E-state index contributed by atoms with van der Waals surface area (Å²) >= 11 is 0. The Hall–Kier alpha value is -2.41. The lowest BCUT2D eigenvalue weighted by Gasteiger charge is -2.34. The lowest BCUT2D eigenvalue weighted by atomic mass is 9.71. The van der Waals surface area contributed by atoms with Crippen LogP contribution in [0.25, 0.3) is 11.1 Å². The van der Waals surface area contributed by atoms with Gasteiger partial charge in [0.05, 0.1) is 0 Å². The monoisotopic (exact) mass is 352 g/mol. The molecule has 1 heteroatoms. The molecule has 1 heterocycles. The van der Waals surface area contributed by atoms with Crippen LogP contribution in [0.15, 0.2) is 60.9 Å². The summed E-state index contributed by atoms with van der Waals surface area (Å²) in [5.74, 6) is 1.19. The van der Waals surface area contributed by atoms with Crippen molar-refractivity contribution >= 4 is 0 Å². The van der Waals surface area contributed by atoms with E-state index in [0.29, 0.717) is 11.8 Å². The van der Waals surface area contributed by atoms with Crippen molar-refractivity contribution in [1.29, 1.82) is 0 Å². The largest absolute Gasteiger partial charge is 0.264 e. The number of hydrogen-bond acceptors (Lipinski definition) is 1. The molecule has 2 aliphatic rings. The maximum Gasteiger partial charge on any atom is 0.0302 e. The number of aromatic nitrogens is 1. The van der Waals surface area contributed by atoms with Crippen molar-refractivity contribution in [2.75, 3.05) is 0 Å². The van der Waals surface area contributed by atoms with E-state index in [1.807, 2.05) is 12.4 Å². The summed E-state index contributed by atoms with van der Waals surface area (Å²) in [4.78, 5) is 4.34. The highest BCUT2D eigenvalue weighted by Crippen LogP contribution is 2.42. The number of pyridine rings is 1. The lowest BCUT2D eigenvalue weighted by Crippen LogP contribution is -2.23. The zero-order valence-corrected chi connectivity index (χ0v) is 15.8. The van der Waals surface area contributed by atoms with E-state index >= 15 is 0 Å². The smallest absolute Gasteiger partial charge is 0.0302 e. The van der Waals surface area contributed by atoms with Crippen molar-refractivity contribution < 1.29 is 0 Å². The van der Waals surface area contributed by atoms with Crippen LogP contribution in [-0.4, -0.2) is 4.98 Å². The van der Waals surface area contributed by atoms with E-state index < -0.39 is 0 Å². The third-order valence-electron chi connectivity index (χ3n) is 6.72. The average molecular weight is 353 g/mol. The minimum atomic E-state index is 0.517. The maximum atomic E-state index is 4.34. The maximum absolute atomic E-state index is 4.34. The van der Waals surface area contributed by atoms with Gasteiger partial charge in [-0.3, -0.25) is 4.98 Å². The number of benzene rings is 2. The molecule has 0 saturated heterocycles. The van der Waals surface area contributed by atoms with E-state index in [1.165, 1.54) is 54.4 Å². The molecule has 0 amide bonds. The van der Waals surface area contributed by atoms with Gasteiger partial charge in [-0.15, -0.1) is 0 Å². The van der Waals surface area contributed by atoms with Crippen LogP contribution in [0.3, 0.4) is 0 Å². The summed E-state index contributed by atoms with van der Waals surface area (Å²) in [7, 11) is 0. The van der Waals surface area contributed by atoms with Crippen LogP contribution in [0.2, 0.25) is 0 Å². The summed E-state index contributed by atoms with van der Waals surface area (Å²) < 4.78 is 0. The van der Waals surface area contributed by atoms with Crippen molar-refractivity contribution in [3.05, 3.63) is 95.7 Å². The van der Waals surface area contributed by atoms with Crippen LogP contribution in [0.4, 0.5) is 0 Å². The number of hydrogen-bond donors (Lipinski definition) is 0. The van der Waals surface area contributed by atoms with Crippen LogP contribution >= 0.6 is 0 Å². The predicted octanol–water partition coefficient (Wildman–Crippen LogP) is 5.96. The van der Waals surface area contributed by atoms with Crippen LogP contribution in [0.5, 0.6) is 0 Å². The van der Waals surface area contributed by atoms with Gasteiger partial charge < -0.3 is 0 Å². The second-order valence-electron chi connectivity index (χ2n) is 8.07. The minimum Gasteiger partial charge on any atom is -0.264 e. The zero-order chi connectivity index (χ0) is 18.2. The standard InChI is InChI=1S/C26H26N/c1-2-22(21-7-5-15-27-17-21)19-10-12-24-20(16-19)11-14-25-23-8-4-3-6-18(23)9-13-26(24)25/h3-8,11,14-15,17,19,22H,1-2,9-10,12-13,16H2. The summed E-state index contributed by atoms with van der Waals surface area (Å²) in [6.07, 6.45) is 10.9. The van der Waals surface area contributed by atoms with Gasteiger partial charge in [-0.05, 0) is 95.4 Å². The molecule has 2 aliphatic carbocycles. The van der Waals surface area contributed by atoms with E-state index in [4.69, 9.17) is 0 Å². The Morgan fingerprint density at radius 1 is 0.889 bits per heavy atom. The molecule has 0 fully saturated rings. The van der Waals surface area contributed by atoms with E-state index in [0.717, 1.165) is 6.42 Å². The van der Waals surface area contributed by atoms with Gasteiger partial charge in [-0.1, -0.05) is 49.4 Å². The minimum absolute atomic E-state index is 0.517. The number of aryl methyl sites for hydroxylation is 1. The fraction of sp³-hybridized carbons (Fsp3) is 0.308. The van der Waals surface area contributed by atoms with Crippen LogP contribution < -0.4 is 0 Å². The quantitative estimate of drug-likeness (QED) is 0.567. The Morgan fingerprint density at radius 2 is 1.81 bits per heavy atom. The molecule has 0 spiro atoms. The van der Waals surface area contributed by atoms with Gasteiger partial charge in [0.1, 0.15) is 0 Å². The average Bonchev–Trinajstić information content (AvgIpc) is 2.74. The van der Waals surface area contributed by atoms with Crippen molar-refractivity contribution in [1.82, 2.24) is 4.98 Å². The van der Waals surface area contributed by atoms with Gasteiger partial charge in [0.15, 0.2) is 0 Å². The molecule has 5 rings (SSSR count). The van der Waals surface area contributed by atoms with Crippen LogP contribution in [0.1, 0.15) is 46.6 Å². The molecule has 0 saturated carbocycles. The first kappa shape index (κ1) is 16.7. The molecule has 0 aliphatic heterocycles. The Morgan fingerprint density at radius 3 is 2.67 bits per heavy atom. The number of fused-ring (bicyclic) bond motifs is 5. The Bertz CT molecular complexity index is 957. The Kier molecular flexibility index (Phi) is 4.32. The fourth-order valence-electron chi connectivity index (χ4n) is 5.37. The molecule has 1 nitrogen and oxygen atoms in total. The molecule has 0 N–H and O–H groups in total. The first-order chi connectivity index (χ1) is 13.3. The zero-order valence-electron chi connectivity index (χ0n) is 15.8. The molecule has 2 unspecified atom stereocenters. The molecule has 135 valence electrons. The third-order valence-corrected chi connectivity index (χ3v) is 6.72. The van der Waals surface area contributed by atoms with Crippen molar-refractivity contribution in [2.24, 2.45) is 5.92 Å². The first-order valence-corrected chi connectivity index (χ1v) is 10.3. The molecule has 2 aromatic carbocycles. The molecule has 1 aromatic heterocycles. The van der Waals surface area contributed by atoms with E-state index in [9.17, 15) is 0 Å². The molecule has 2 atom stereocenters. The molecular formula is C26H26N. The number of rotatable bonds is 3. The topological polar surface area (TPSA) is 12.9 Å². The van der Waals surface area contributed by atoms with Crippen molar-refractivity contribution in [3.63, 3.8) is 0 Å². The number of nitrogens with zero attached hydrogens (tertiary/aromatic N) is 1. The highest BCUT2D eigenvalue weighted by atomic mass is 14.6. The second kappa shape index (κ2) is 6.96. The van der Waals surface area contributed by atoms with E-state index in [1.54, 1.807) is 16.7 Å². The summed E-state index contributed by atoms with van der Waals surface area (Å²) in [5.41, 5.74) is 10.6. The van der Waals surface area contributed by atoms with Crippen LogP contribution in [-0.2, 0) is 25.7 Å². The van der Waals surface area contributed by atoms with Crippen molar-refractivity contribution in [3.8, 4) is 11.1 Å². The Balaban J connectivity index is 1.48. The van der Waals surface area contributed by atoms with Gasteiger partial charge in [0.2, 0.25) is 0 Å². The highest BCUT2D eigenvalue weighted by molar-refractivity contribution is 5.75. The summed E-state index contributed by atoms with van der Waals surface area (Å²) in [6, 6.07) is 18.0. The summed E-state index contributed by atoms with van der Waals surface area (Å²) in [5, 5.41) is 0. The lowest BCUT2D eigenvalue weighted by molar-refractivity contribution is 0.374. The van der Waals surface area contributed by atoms with E-state index in [-0.39, 0.29) is 0 Å². The Labute approximate surface area is 162 Å². The van der Waals surface area contributed by atoms with Gasteiger partial charge in [-0.25, -0.2) is 0 Å². The van der Waals surface area contributed by atoms with Gasteiger partial charge in [-0.2, -0.15) is 0 Å².